The molecule has 2 aliphatic carbocycles. The van der Waals surface area contributed by atoms with E-state index in [1.807, 2.05) is 0 Å². The fourth-order valence-electron chi connectivity index (χ4n) is 7.82. The van der Waals surface area contributed by atoms with Crippen molar-refractivity contribution in [2.75, 3.05) is 0 Å². The second-order valence-electron chi connectivity index (χ2n) is 15.1. The third kappa shape index (κ3) is 4.39. The van der Waals surface area contributed by atoms with Crippen molar-refractivity contribution in [3.05, 3.63) is 134 Å². The molecule has 4 aromatic carbocycles. The van der Waals surface area contributed by atoms with Crippen LogP contribution >= 0.6 is 0 Å². The molecular formula is C40H46SiZr. The van der Waals surface area contributed by atoms with E-state index < -0.39 is 17.4 Å². The number of aryl methyl sites for hydroxylation is 2. The van der Waals surface area contributed by atoms with Crippen LogP contribution in [0.15, 0.2) is 100 Å². The van der Waals surface area contributed by atoms with Crippen LogP contribution in [0.3, 0.4) is 0 Å². The molecule has 0 amide bonds. The third-order valence-corrected chi connectivity index (χ3v) is 36.0. The SMILES string of the molecule is Cc1ccc[c]([Zr](=[SiH2])([C]2=CC=CC2)([c]2cccc(C)c2)[c]2c(C(C)(C)C)ccc3c2Cc2cc(C(C)(C)C)ccc2-3)c1. The number of hydrogen-bond donors (Lipinski definition) is 0. The first-order valence-corrected chi connectivity index (χ1v) is 26.4. The fraction of sp³-hybridized carbons (Fsp3) is 0.300. The number of hydrogen-bond acceptors (Lipinski definition) is 0. The Bertz CT molecular complexity index is 1820. The van der Waals surface area contributed by atoms with Crippen LogP contribution in [0.25, 0.3) is 11.1 Å². The number of rotatable bonds is 4. The molecule has 0 N–H and O–H groups in total. The van der Waals surface area contributed by atoms with Crippen LogP contribution in [-0.2, 0) is 34.6 Å². The second-order valence-corrected chi connectivity index (χ2v) is 36.3. The molecule has 0 atom stereocenters. The molecule has 4 aromatic rings. The average molecular weight is 646 g/mol. The normalized spacial score (nSPS) is 15.0. The van der Waals surface area contributed by atoms with Gasteiger partial charge in [-0.3, -0.25) is 0 Å². The van der Waals surface area contributed by atoms with Crippen molar-refractivity contribution in [2.45, 2.75) is 79.1 Å². The van der Waals surface area contributed by atoms with E-state index in [1.54, 1.807) is 18.7 Å². The molecule has 0 radical (unpaired) electrons. The molecule has 0 fully saturated rings. The zero-order valence-corrected chi connectivity index (χ0v) is 30.7. The van der Waals surface area contributed by atoms with Crippen LogP contribution < -0.4 is 9.81 Å². The second kappa shape index (κ2) is 10.0. The van der Waals surface area contributed by atoms with Crippen LogP contribution in [-0.4, -0.2) is 6.88 Å². The number of benzene rings is 4. The monoisotopic (exact) mass is 644 g/mol. The summed E-state index contributed by atoms with van der Waals surface area (Å²) in [4.78, 5) is 0. The van der Waals surface area contributed by atoms with Gasteiger partial charge >= 0.3 is 258 Å². The van der Waals surface area contributed by atoms with Crippen molar-refractivity contribution in [3.8, 4) is 11.1 Å². The van der Waals surface area contributed by atoms with Gasteiger partial charge in [-0.05, 0) is 0 Å². The Labute approximate surface area is 256 Å². The fourth-order valence-corrected chi connectivity index (χ4v) is 31.5. The van der Waals surface area contributed by atoms with Crippen molar-refractivity contribution < 1.29 is 17.4 Å². The minimum absolute atomic E-state index is 0.00548. The summed E-state index contributed by atoms with van der Waals surface area (Å²) in [7, 11) is 0. The van der Waals surface area contributed by atoms with Gasteiger partial charge in [-0.1, -0.05) is 0 Å². The molecule has 0 unspecified atom stereocenters. The zero-order chi connectivity index (χ0) is 30.1. The first kappa shape index (κ1) is 29.5. The van der Waals surface area contributed by atoms with Gasteiger partial charge in [-0.15, -0.1) is 0 Å². The molecule has 0 aliphatic heterocycles. The van der Waals surface area contributed by atoms with Gasteiger partial charge in [-0.2, -0.15) is 0 Å². The van der Waals surface area contributed by atoms with Gasteiger partial charge < -0.3 is 0 Å². The summed E-state index contributed by atoms with van der Waals surface area (Å²) < 4.78 is 6.50. The van der Waals surface area contributed by atoms with Crippen molar-refractivity contribution in [3.63, 3.8) is 0 Å². The van der Waals surface area contributed by atoms with E-state index in [-0.39, 0.29) is 10.8 Å². The molecular weight excluding hydrogens is 600 g/mol. The Morgan fingerprint density at radius 3 is 1.83 bits per heavy atom. The maximum atomic E-state index is 2.55. The third-order valence-electron chi connectivity index (χ3n) is 10.1. The summed E-state index contributed by atoms with van der Waals surface area (Å²) in [5.74, 6) is 0. The van der Waals surface area contributed by atoms with Crippen LogP contribution in [0.5, 0.6) is 0 Å². The van der Waals surface area contributed by atoms with Crippen LogP contribution in [0, 0.1) is 13.8 Å². The van der Waals surface area contributed by atoms with Crippen LogP contribution in [0.1, 0.15) is 81.3 Å². The molecule has 0 heterocycles. The van der Waals surface area contributed by atoms with Crippen molar-refractivity contribution >= 4 is 16.7 Å². The van der Waals surface area contributed by atoms with Crippen LogP contribution in [0.2, 0.25) is 0 Å². The van der Waals surface area contributed by atoms with Gasteiger partial charge in [0.05, 0.1) is 0 Å². The zero-order valence-electron chi connectivity index (χ0n) is 26.9. The summed E-state index contributed by atoms with van der Waals surface area (Å²) in [6.45, 7) is 21.2. The van der Waals surface area contributed by atoms with Crippen molar-refractivity contribution in [2.24, 2.45) is 0 Å². The number of allylic oxidation sites excluding steroid dienone is 4. The summed E-state index contributed by atoms with van der Waals surface area (Å²) in [5, 5.41) is 0. The maximum absolute atomic E-state index is 4.53. The average Bonchev–Trinajstić information content (AvgIpc) is 3.60. The van der Waals surface area contributed by atoms with E-state index in [1.165, 1.54) is 38.9 Å². The standard InChI is InChI=1S/C21H25.2C7H7.C5H5.H2Si.Zr/c1-20(2,3)16-7-9-18-14(12-16)11-15-13-17(21(4,5)6)8-10-19(15)18;2*1-7-5-3-2-4-6-7;1-2-4-5-3-1;;/h7-10,12H,11H2,1-6H3;2*2-3,5-6H,1H3;1-3H,4H2;1H2;. The molecule has 0 spiro atoms. The summed E-state index contributed by atoms with van der Waals surface area (Å²) in [6.07, 6.45) is 9.27. The first-order chi connectivity index (χ1) is 19.7. The molecule has 0 aromatic heterocycles. The molecule has 0 saturated heterocycles. The Hall–Kier alpha value is -2.54. The first-order valence-electron chi connectivity index (χ1n) is 15.6. The molecule has 214 valence electrons. The Morgan fingerprint density at radius 2 is 1.31 bits per heavy atom. The topological polar surface area (TPSA) is 0 Å². The Balaban J connectivity index is 1.83. The van der Waals surface area contributed by atoms with Crippen LogP contribution in [0.4, 0.5) is 0 Å². The molecule has 6 rings (SSSR count). The summed E-state index contributed by atoms with van der Waals surface area (Å²) >= 11 is -4.53. The summed E-state index contributed by atoms with van der Waals surface area (Å²) in [6, 6.07) is 31.5. The molecule has 0 nitrogen and oxygen atoms in total. The van der Waals surface area contributed by atoms with E-state index >= 15 is 0 Å². The van der Waals surface area contributed by atoms with E-state index in [2.05, 4.69) is 159 Å². The molecule has 42 heavy (non-hydrogen) atoms. The predicted octanol–water partition coefficient (Wildman–Crippen LogP) is 7.83. The summed E-state index contributed by atoms with van der Waals surface area (Å²) in [5.41, 5.74) is 11.7. The van der Waals surface area contributed by atoms with E-state index in [0.29, 0.717) is 0 Å². The molecule has 0 bridgehead atoms. The van der Waals surface area contributed by atoms with Gasteiger partial charge in [0.2, 0.25) is 0 Å². The molecule has 2 heteroatoms. The predicted molar refractivity (Wildman–Crippen MR) is 184 cm³/mol. The minimum atomic E-state index is -4.53. The van der Waals surface area contributed by atoms with Crippen molar-refractivity contribution in [1.82, 2.24) is 0 Å². The molecule has 0 saturated carbocycles. The number of fused-ring (bicyclic) bond motifs is 3. The van der Waals surface area contributed by atoms with E-state index in [4.69, 9.17) is 0 Å². The van der Waals surface area contributed by atoms with Gasteiger partial charge in [-0.25, -0.2) is 0 Å². The Kier molecular flexibility index (Phi) is 7.03. The van der Waals surface area contributed by atoms with E-state index in [9.17, 15) is 0 Å². The van der Waals surface area contributed by atoms with Gasteiger partial charge in [0.15, 0.2) is 0 Å². The van der Waals surface area contributed by atoms with Gasteiger partial charge in [0.1, 0.15) is 0 Å². The molecule has 2 aliphatic rings. The Morgan fingerprint density at radius 1 is 0.690 bits per heavy atom. The van der Waals surface area contributed by atoms with Crippen molar-refractivity contribution in [1.29, 1.82) is 0 Å². The van der Waals surface area contributed by atoms with Gasteiger partial charge in [0.25, 0.3) is 0 Å². The quantitative estimate of drug-likeness (QED) is 0.175. The van der Waals surface area contributed by atoms with Gasteiger partial charge in [0, 0.05) is 0 Å². The van der Waals surface area contributed by atoms with E-state index in [0.717, 1.165) is 12.8 Å².